The Bertz CT molecular complexity index is 1570. The fourth-order valence-corrected chi connectivity index (χ4v) is 5.96. The van der Waals surface area contributed by atoms with Crippen LogP contribution in [0.15, 0.2) is 71.6 Å². The van der Waals surface area contributed by atoms with Crippen LogP contribution < -0.4 is 9.62 Å². The van der Waals surface area contributed by atoms with E-state index in [1.807, 2.05) is 6.92 Å². The molecule has 0 aliphatic carbocycles. The third-order valence-corrected chi connectivity index (χ3v) is 9.25. The Morgan fingerprint density at radius 2 is 1.63 bits per heavy atom. The van der Waals surface area contributed by atoms with Gasteiger partial charge in [0.15, 0.2) is 0 Å². The molecule has 0 unspecified atom stereocenters. The number of aryl methyl sites for hydroxylation is 1. The molecule has 0 aromatic heterocycles. The first-order valence-electron chi connectivity index (χ1n) is 13.3. The average molecular weight is 659 g/mol. The minimum Gasteiger partial charge on any atom is -0.352 e. The lowest BCUT2D eigenvalue weighted by Crippen LogP contribution is -2.52. The Morgan fingerprint density at radius 1 is 0.977 bits per heavy atom. The molecule has 3 aromatic carbocycles. The summed E-state index contributed by atoms with van der Waals surface area (Å²) in [6.45, 7) is 5.78. The van der Waals surface area contributed by atoms with Gasteiger partial charge in [-0.15, -0.1) is 0 Å². The van der Waals surface area contributed by atoms with Crippen molar-refractivity contribution in [3.8, 4) is 0 Å². The molecule has 3 rings (SSSR count). The van der Waals surface area contributed by atoms with Crippen LogP contribution in [0.25, 0.3) is 0 Å². The summed E-state index contributed by atoms with van der Waals surface area (Å²) in [5.74, 6) is -1.34. The third kappa shape index (κ3) is 8.64. The molecule has 0 fully saturated rings. The molecule has 2 atom stereocenters. The molecule has 43 heavy (non-hydrogen) atoms. The number of sulfonamides is 1. The first-order chi connectivity index (χ1) is 20.0. The van der Waals surface area contributed by atoms with E-state index in [0.717, 1.165) is 22.6 Å². The smallest absolute Gasteiger partial charge is 0.352 e. The van der Waals surface area contributed by atoms with Gasteiger partial charge in [0, 0.05) is 22.6 Å². The maximum atomic E-state index is 14.0. The van der Waals surface area contributed by atoms with Crippen molar-refractivity contribution >= 4 is 50.7 Å². The fourth-order valence-electron chi connectivity index (χ4n) is 4.09. The van der Waals surface area contributed by atoms with Gasteiger partial charge in [-0.25, -0.2) is 8.42 Å². The molecular formula is C30H32Cl2F3N3O4S. The standard InChI is InChI=1S/C30H32Cl2F3N3O4S/c1-5-20(3)36-29(40)21(4)37(17-22-11-12-24(31)16-27(22)32)28(39)18-38(25-8-6-7-23(15-25)30(33,34)35)43(41,42)26-13-9-19(2)10-14-26/h6-16,20-21H,5,17-18H2,1-4H3,(H,36,40)/t20-,21-/m0/s1. The van der Waals surface area contributed by atoms with Crippen molar-refractivity contribution in [3.05, 3.63) is 93.5 Å². The highest BCUT2D eigenvalue weighted by atomic mass is 35.5. The summed E-state index contributed by atoms with van der Waals surface area (Å²) in [4.78, 5) is 28.0. The highest BCUT2D eigenvalue weighted by Gasteiger charge is 2.35. The Hall–Kier alpha value is -3.28. The molecule has 0 aliphatic heterocycles. The van der Waals surface area contributed by atoms with E-state index in [-0.39, 0.29) is 28.2 Å². The van der Waals surface area contributed by atoms with Crippen LogP contribution in [0.1, 0.15) is 43.9 Å². The number of halogens is 5. The van der Waals surface area contributed by atoms with Crippen molar-refractivity contribution in [1.82, 2.24) is 10.2 Å². The quantitative estimate of drug-likeness (QED) is 0.244. The Morgan fingerprint density at radius 3 is 2.21 bits per heavy atom. The number of hydrogen-bond donors (Lipinski definition) is 1. The summed E-state index contributed by atoms with van der Waals surface area (Å²) in [5, 5.41) is 3.35. The van der Waals surface area contributed by atoms with Gasteiger partial charge in [-0.05, 0) is 75.2 Å². The number of anilines is 1. The van der Waals surface area contributed by atoms with Gasteiger partial charge in [0.05, 0.1) is 16.1 Å². The molecule has 7 nitrogen and oxygen atoms in total. The van der Waals surface area contributed by atoms with Crippen molar-refractivity contribution in [1.29, 1.82) is 0 Å². The van der Waals surface area contributed by atoms with Gasteiger partial charge in [-0.3, -0.25) is 13.9 Å². The Kier molecular flexibility index (Phi) is 11.1. The normalized spacial score (nSPS) is 13.2. The number of benzene rings is 3. The van der Waals surface area contributed by atoms with Gasteiger partial charge in [0.25, 0.3) is 10.0 Å². The Balaban J connectivity index is 2.11. The lowest BCUT2D eigenvalue weighted by Gasteiger charge is -2.32. The van der Waals surface area contributed by atoms with Crippen LogP contribution in [0, 0.1) is 6.92 Å². The van der Waals surface area contributed by atoms with Gasteiger partial charge < -0.3 is 10.2 Å². The van der Waals surface area contributed by atoms with Crippen molar-refractivity contribution in [3.63, 3.8) is 0 Å². The summed E-state index contributed by atoms with van der Waals surface area (Å²) in [7, 11) is -4.54. The number of amides is 2. The molecule has 0 aliphatic rings. The van der Waals surface area contributed by atoms with E-state index in [9.17, 15) is 31.2 Å². The van der Waals surface area contributed by atoms with Crippen LogP contribution >= 0.6 is 23.2 Å². The van der Waals surface area contributed by atoms with E-state index in [0.29, 0.717) is 27.4 Å². The summed E-state index contributed by atoms with van der Waals surface area (Å²) in [5.41, 5.74) is -0.278. The first-order valence-corrected chi connectivity index (χ1v) is 15.5. The van der Waals surface area contributed by atoms with E-state index in [1.54, 1.807) is 26.0 Å². The molecule has 0 heterocycles. The topological polar surface area (TPSA) is 86.8 Å². The summed E-state index contributed by atoms with van der Waals surface area (Å²) in [6.07, 6.45) is -4.15. The summed E-state index contributed by atoms with van der Waals surface area (Å²) in [6, 6.07) is 12.7. The van der Waals surface area contributed by atoms with Crippen molar-refractivity contribution in [2.45, 2.75) is 63.8 Å². The maximum absolute atomic E-state index is 14.0. The van der Waals surface area contributed by atoms with Crippen LogP contribution in [-0.2, 0) is 32.3 Å². The average Bonchev–Trinajstić information content (AvgIpc) is 2.94. The number of nitrogens with zero attached hydrogens (tertiary/aromatic N) is 2. The van der Waals surface area contributed by atoms with E-state index in [1.165, 1.54) is 43.3 Å². The molecule has 232 valence electrons. The number of carbonyl (C=O) groups excluding carboxylic acids is 2. The number of rotatable bonds is 11. The second kappa shape index (κ2) is 14.0. The molecule has 0 saturated carbocycles. The van der Waals surface area contributed by atoms with Gasteiger partial charge in [-0.2, -0.15) is 13.2 Å². The van der Waals surface area contributed by atoms with E-state index in [4.69, 9.17) is 23.2 Å². The SMILES string of the molecule is CC[C@H](C)NC(=O)[C@H](C)N(Cc1ccc(Cl)cc1Cl)C(=O)CN(c1cccc(C(F)(F)F)c1)S(=O)(=O)c1ccc(C)cc1. The zero-order chi connectivity index (χ0) is 32.1. The molecule has 0 bridgehead atoms. The first kappa shape index (κ1) is 34.2. The van der Waals surface area contributed by atoms with Crippen LogP contribution in [0.5, 0.6) is 0 Å². The molecule has 3 aromatic rings. The highest BCUT2D eigenvalue weighted by Crippen LogP contribution is 2.33. The lowest BCUT2D eigenvalue weighted by molar-refractivity contribution is -0.139. The molecule has 0 saturated heterocycles. The van der Waals surface area contributed by atoms with E-state index >= 15 is 0 Å². The van der Waals surface area contributed by atoms with Crippen molar-refractivity contribution < 1.29 is 31.2 Å². The third-order valence-electron chi connectivity index (χ3n) is 6.87. The number of hydrogen-bond acceptors (Lipinski definition) is 4. The summed E-state index contributed by atoms with van der Waals surface area (Å²) >= 11 is 12.4. The van der Waals surface area contributed by atoms with Crippen molar-refractivity contribution in [2.24, 2.45) is 0 Å². The van der Waals surface area contributed by atoms with Gasteiger partial charge in [0.2, 0.25) is 11.8 Å². The second-order valence-corrected chi connectivity index (χ2v) is 12.8. The second-order valence-electron chi connectivity index (χ2n) is 10.1. The number of alkyl halides is 3. The van der Waals surface area contributed by atoms with Gasteiger partial charge >= 0.3 is 6.18 Å². The molecule has 2 amide bonds. The largest absolute Gasteiger partial charge is 0.416 e. The van der Waals surface area contributed by atoms with Gasteiger partial charge in [-0.1, -0.05) is 60.0 Å². The van der Waals surface area contributed by atoms with Crippen LogP contribution in [-0.4, -0.2) is 43.8 Å². The van der Waals surface area contributed by atoms with Crippen LogP contribution in [0.2, 0.25) is 10.0 Å². The van der Waals surface area contributed by atoms with Crippen LogP contribution in [0.4, 0.5) is 18.9 Å². The minimum absolute atomic E-state index is 0.203. The maximum Gasteiger partial charge on any atom is 0.416 e. The summed E-state index contributed by atoms with van der Waals surface area (Å²) < 4.78 is 69.2. The van der Waals surface area contributed by atoms with E-state index < -0.39 is 46.2 Å². The number of nitrogens with one attached hydrogen (secondary N) is 1. The van der Waals surface area contributed by atoms with E-state index in [2.05, 4.69) is 5.32 Å². The Labute approximate surface area is 259 Å². The zero-order valence-corrected chi connectivity index (χ0v) is 26.3. The predicted octanol–water partition coefficient (Wildman–Crippen LogP) is 6.85. The van der Waals surface area contributed by atoms with Gasteiger partial charge in [0.1, 0.15) is 12.6 Å². The molecule has 0 spiro atoms. The molecule has 1 N–H and O–H groups in total. The molecule has 0 radical (unpaired) electrons. The fraction of sp³-hybridized carbons (Fsp3) is 0.333. The lowest BCUT2D eigenvalue weighted by atomic mass is 10.1. The number of carbonyl (C=O) groups is 2. The monoisotopic (exact) mass is 657 g/mol. The van der Waals surface area contributed by atoms with Crippen LogP contribution in [0.3, 0.4) is 0 Å². The predicted molar refractivity (Wildman–Crippen MR) is 162 cm³/mol. The zero-order valence-electron chi connectivity index (χ0n) is 24.0. The molecular weight excluding hydrogens is 626 g/mol. The highest BCUT2D eigenvalue weighted by molar-refractivity contribution is 7.92. The van der Waals surface area contributed by atoms with Crippen molar-refractivity contribution in [2.75, 3.05) is 10.8 Å². The molecule has 13 heteroatoms. The minimum atomic E-state index is -4.76.